The lowest BCUT2D eigenvalue weighted by Crippen LogP contribution is -2.49. The average Bonchev–Trinajstić information content (AvgIpc) is 2.67. The topological polar surface area (TPSA) is 72.7 Å². The Kier molecular flexibility index (Phi) is 6.11. The van der Waals surface area contributed by atoms with Crippen LogP contribution in [-0.4, -0.2) is 75.3 Å². The van der Waals surface area contributed by atoms with E-state index in [4.69, 9.17) is 10.7 Å². The minimum atomic E-state index is -0.240. The first-order valence-corrected chi connectivity index (χ1v) is 9.51. The predicted molar refractivity (Wildman–Crippen MR) is 104 cm³/mol. The highest BCUT2D eigenvalue weighted by Gasteiger charge is 2.22. The third-order valence-electron chi connectivity index (χ3n) is 5.32. The summed E-state index contributed by atoms with van der Waals surface area (Å²) in [6, 6.07) is 4.89. The van der Waals surface area contributed by atoms with Gasteiger partial charge < -0.3 is 31.1 Å². The van der Waals surface area contributed by atoms with Crippen molar-refractivity contribution >= 4 is 11.5 Å². The summed E-state index contributed by atoms with van der Waals surface area (Å²) in [5, 5.41) is 6.63. The van der Waals surface area contributed by atoms with Gasteiger partial charge in [0.2, 0.25) is 0 Å². The van der Waals surface area contributed by atoms with Gasteiger partial charge in [-0.15, -0.1) is 0 Å². The summed E-state index contributed by atoms with van der Waals surface area (Å²) in [7, 11) is 1.88. The standard InChI is InChI=1S/C18H33N7/c1-4-23-7-9-24(10-8-23)17-12-15(11-16(22-17)18(19)20-3)25-6-5-21-14(2)13-25/h11-12,14,18,20-21H,4-10,13,19H2,1-3H3. The quantitative estimate of drug-likeness (QED) is 0.657. The number of likely N-dealkylation sites (N-methyl/N-ethyl adjacent to an activating group) is 1. The van der Waals surface area contributed by atoms with Crippen LogP contribution in [0.1, 0.15) is 25.7 Å². The number of nitrogens with two attached hydrogens (primary N) is 1. The minimum absolute atomic E-state index is 0.240. The van der Waals surface area contributed by atoms with Crippen molar-refractivity contribution in [3.05, 3.63) is 17.8 Å². The van der Waals surface area contributed by atoms with Crippen molar-refractivity contribution in [3.63, 3.8) is 0 Å². The molecule has 2 aliphatic rings. The molecule has 7 heteroatoms. The van der Waals surface area contributed by atoms with Gasteiger partial charge in [0.15, 0.2) is 0 Å². The number of hydrogen-bond donors (Lipinski definition) is 3. The van der Waals surface area contributed by atoms with E-state index >= 15 is 0 Å². The molecule has 0 bridgehead atoms. The normalized spacial score (nSPS) is 23.8. The van der Waals surface area contributed by atoms with Crippen molar-refractivity contribution in [2.75, 3.05) is 69.2 Å². The summed E-state index contributed by atoms with van der Waals surface area (Å²) < 4.78 is 0. The molecule has 0 aromatic carbocycles. The third kappa shape index (κ3) is 4.41. The molecule has 25 heavy (non-hydrogen) atoms. The molecule has 2 atom stereocenters. The van der Waals surface area contributed by atoms with Crippen LogP contribution in [0.25, 0.3) is 0 Å². The second kappa shape index (κ2) is 8.31. The SMILES string of the molecule is CCN1CCN(c2cc(N3CCNC(C)C3)cc(C(N)NC)n2)CC1. The van der Waals surface area contributed by atoms with Crippen molar-refractivity contribution in [2.24, 2.45) is 5.73 Å². The van der Waals surface area contributed by atoms with Crippen LogP contribution in [0, 0.1) is 0 Å². The predicted octanol–water partition coefficient (Wildman–Crippen LogP) is 0.198. The molecule has 2 aliphatic heterocycles. The van der Waals surface area contributed by atoms with Gasteiger partial charge in [0.05, 0.1) is 11.9 Å². The van der Waals surface area contributed by atoms with Crippen LogP contribution in [0.3, 0.4) is 0 Å². The highest BCUT2D eigenvalue weighted by atomic mass is 15.3. The van der Waals surface area contributed by atoms with Crippen LogP contribution in [-0.2, 0) is 0 Å². The van der Waals surface area contributed by atoms with E-state index in [9.17, 15) is 0 Å². The first kappa shape index (κ1) is 18.4. The van der Waals surface area contributed by atoms with E-state index in [1.54, 1.807) is 0 Å². The number of hydrogen-bond acceptors (Lipinski definition) is 7. The molecule has 2 fully saturated rings. The molecule has 0 aliphatic carbocycles. The molecule has 2 unspecified atom stereocenters. The molecule has 1 aromatic heterocycles. The van der Waals surface area contributed by atoms with Gasteiger partial charge in [-0.2, -0.15) is 0 Å². The number of pyridine rings is 1. The van der Waals surface area contributed by atoms with Crippen LogP contribution in [0.2, 0.25) is 0 Å². The van der Waals surface area contributed by atoms with Crippen molar-refractivity contribution in [1.82, 2.24) is 20.5 Å². The van der Waals surface area contributed by atoms with Gasteiger partial charge in [-0.25, -0.2) is 4.98 Å². The summed E-state index contributed by atoms with van der Waals surface area (Å²) >= 11 is 0. The van der Waals surface area contributed by atoms with E-state index in [0.29, 0.717) is 6.04 Å². The van der Waals surface area contributed by atoms with Crippen LogP contribution < -0.4 is 26.2 Å². The summed E-state index contributed by atoms with van der Waals surface area (Å²) in [6.07, 6.45) is -0.240. The van der Waals surface area contributed by atoms with Crippen LogP contribution >= 0.6 is 0 Å². The zero-order valence-electron chi connectivity index (χ0n) is 15.8. The molecule has 2 saturated heterocycles. The van der Waals surface area contributed by atoms with Gasteiger partial charge in [-0.1, -0.05) is 6.92 Å². The molecule has 140 valence electrons. The third-order valence-corrected chi connectivity index (χ3v) is 5.32. The first-order chi connectivity index (χ1) is 12.1. The maximum atomic E-state index is 6.23. The lowest BCUT2D eigenvalue weighted by Gasteiger charge is -2.37. The maximum Gasteiger partial charge on any atom is 0.131 e. The molecule has 3 heterocycles. The highest BCUT2D eigenvalue weighted by Crippen LogP contribution is 2.26. The Labute approximate surface area is 151 Å². The van der Waals surface area contributed by atoms with Gasteiger partial charge in [0.1, 0.15) is 5.82 Å². The fourth-order valence-corrected chi connectivity index (χ4v) is 3.63. The summed E-state index contributed by atoms with van der Waals surface area (Å²) in [5.74, 6) is 1.06. The Hall–Kier alpha value is -1.41. The molecule has 0 radical (unpaired) electrons. The Morgan fingerprint density at radius 3 is 2.64 bits per heavy atom. The maximum absolute atomic E-state index is 6.23. The second-order valence-corrected chi connectivity index (χ2v) is 7.10. The number of piperazine rings is 2. The Morgan fingerprint density at radius 1 is 1.24 bits per heavy atom. The monoisotopic (exact) mass is 347 g/mol. The molecule has 1 aromatic rings. The van der Waals surface area contributed by atoms with E-state index in [1.165, 1.54) is 5.69 Å². The van der Waals surface area contributed by atoms with Crippen LogP contribution in [0.5, 0.6) is 0 Å². The van der Waals surface area contributed by atoms with E-state index in [1.807, 2.05) is 7.05 Å². The van der Waals surface area contributed by atoms with Gasteiger partial charge in [0, 0.05) is 63.6 Å². The van der Waals surface area contributed by atoms with E-state index < -0.39 is 0 Å². The van der Waals surface area contributed by atoms with Crippen molar-refractivity contribution < 1.29 is 0 Å². The van der Waals surface area contributed by atoms with E-state index in [-0.39, 0.29) is 6.17 Å². The Morgan fingerprint density at radius 2 is 2.00 bits per heavy atom. The van der Waals surface area contributed by atoms with Crippen LogP contribution in [0.15, 0.2) is 12.1 Å². The molecule has 0 amide bonds. The molecular formula is C18H33N7. The lowest BCUT2D eigenvalue weighted by molar-refractivity contribution is 0.270. The molecule has 4 N–H and O–H groups in total. The first-order valence-electron chi connectivity index (χ1n) is 9.51. The largest absolute Gasteiger partial charge is 0.369 e. The van der Waals surface area contributed by atoms with Gasteiger partial charge in [-0.3, -0.25) is 0 Å². The van der Waals surface area contributed by atoms with Crippen molar-refractivity contribution in [3.8, 4) is 0 Å². The molecule has 7 nitrogen and oxygen atoms in total. The van der Waals surface area contributed by atoms with Crippen molar-refractivity contribution in [2.45, 2.75) is 26.1 Å². The molecule has 0 spiro atoms. The Bertz CT molecular complexity index is 556. The van der Waals surface area contributed by atoms with Gasteiger partial charge in [-0.05, 0) is 26.6 Å². The zero-order valence-corrected chi connectivity index (χ0v) is 15.8. The molecular weight excluding hydrogens is 314 g/mol. The zero-order chi connectivity index (χ0) is 17.8. The van der Waals surface area contributed by atoms with Crippen LogP contribution in [0.4, 0.5) is 11.5 Å². The number of anilines is 2. The van der Waals surface area contributed by atoms with Gasteiger partial charge >= 0.3 is 0 Å². The number of nitrogens with one attached hydrogen (secondary N) is 2. The molecule has 3 rings (SSSR count). The fourth-order valence-electron chi connectivity index (χ4n) is 3.63. The number of aromatic nitrogens is 1. The molecule has 0 saturated carbocycles. The van der Waals surface area contributed by atoms with E-state index in [0.717, 1.165) is 63.9 Å². The summed E-state index contributed by atoms with van der Waals surface area (Å²) in [6.45, 7) is 12.9. The highest BCUT2D eigenvalue weighted by molar-refractivity contribution is 5.57. The van der Waals surface area contributed by atoms with E-state index in [2.05, 4.69) is 51.3 Å². The minimum Gasteiger partial charge on any atom is -0.369 e. The van der Waals surface area contributed by atoms with Crippen molar-refractivity contribution in [1.29, 1.82) is 0 Å². The number of nitrogens with zero attached hydrogens (tertiary/aromatic N) is 4. The number of rotatable bonds is 5. The fraction of sp³-hybridized carbons (Fsp3) is 0.722. The van der Waals surface area contributed by atoms with Gasteiger partial charge in [0.25, 0.3) is 0 Å². The lowest BCUT2D eigenvalue weighted by atomic mass is 10.1. The summed E-state index contributed by atoms with van der Waals surface area (Å²) in [4.78, 5) is 12.2. The summed E-state index contributed by atoms with van der Waals surface area (Å²) in [5.41, 5.74) is 8.38. The second-order valence-electron chi connectivity index (χ2n) is 7.10. The average molecular weight is 348 g/mol. The Balaban J connectivity index is 1.85. The smallest absolute Gasteiger partial charge is 0.131 e.